The molecule has 1 heterocycles. The first-order valence-electron chi connectivity index (χ1n) is 5.48. The maximum Gasteiger partial charge on any atom is 0.249 e. The van der Waals surface area contributed by atoms with Crippen LogP contribution in [0.25, 0.3) is 11.5 Å². The summed E-state index contributed by atoms with van der Waals surface area (Å²) < 4.78 is 31.2. The van der Waals surface area contributed by atoms with Crippen LogP contribution in [0.15, 0.2) is 28.7 Å². The van der Waals surface area contributed by atoms with Gasteiger partial charge in [0.05, 0.1) is 17.0 Å². The van der Waals surface area contributed by atoms with E-state index in [0.29, 0.717) is 17.1 Å². The van der Waals surface area contributed by atoms with Gasteiger partial charge in [-0.3, -0.25) is 4.72 Å². The Labute approximate surface area is 115 Å². The quantitative estimate of drug-likeness (QED) is 0.854. The zero-order chi connectivity index (χ0) is 13.9. The standard InChI is InChI=1S/C11H12ClN3O3S/c1-8-13-14-11(18-8)9-4-2-3-5-10(9)15-19(16,17)7-6-12/h2-5,15H,6-7H2,1H3. The first-order valence-corrected chi connectivity index (χ1v) is 7.66. The smallest absolute Gasteiger partial charge is 0.249 e. The Kier molecular flexibility index (Phi) is 4.06. The van der Waals surface area contributed by atoms with Crippen LogP contribution in [0.3, 0.4) is 0 Å². The van der Waals surface area contributed by atoms with E-state index in [4.69, 9.17) is 16.0 Å². The highest BCUT2D eigenvalue weighted by molar-refractivity contribution is 7.92. The predicted molar refractivity (Wildman–Crippen MR) is 72.6 cm³/mol. The van der Waals surface area contributed by atoms with Crippen molar-refractivity contribution in [3.63, 3.8) is 0 Å². The summed E-state index contributed by atoms with van der Waals surface area (Å²) in [6, 6.07) is 6.80. The molecule has 0 bridgehead atoms. The summed E-state index contributed by atoms with van der Waals surface area (Å²) in [6.07, 6.45) is 0. The van der Waals surface area contributed by atoms with Crippen molar-refractivity contribution in [3.05, 3.63) is 30.2 Å². The van der Waals surface area contributed by atoms with Crippen molar-refractivity contribution in [1.29, 1.82) is 0 Å². The molecule has 0 saturated heterocycles. The summed E-state index contributed by atoms with van der Waals surface area (Å²) in [6.45, 7) is 1.66. The molecule has 0 radical (unpaired) electrons. The van der Waals surface area contributed by atoms with Crippen molar-refractivity contribution in [3.8, 4) is 11.5 Å². The molecule has 6 nitrogen and oxygen atoms in total. The molecule has 19 heavy (non-hydrogen) atoms. The summed E-state index contributed by atoms with van der Waals surface area (Å²) in [7, 11) is -3.48. The number of halogens is 1. The van der Waals surface area contributed by atoms with Gasteiger partial charge in [0, 0.05) is 12.8 Å². The van der Waals surface area contributed by atoms with E-state index in [0.717, 1.165) is 0 Å². The number of para-hydroxylation sites is 1. The minimum absolute atomic E-state index is 0.0250. The molecular weight excluding hydrogens is 290 g/mol. The monoisotopic (exact) mass is 301 g/mol. The van der Waals surface area contributed by atoms with Crippen molar-refractivity contribution in [1.82, 2.24) is 10.2 Å². The second-order valence-electron chi connectivity index (χ2n) is 3.78. The predicted octanol–water partition coefficient (Wildman–Crippen LogP) is 2.03. The van der Waals surface area contributed by atoms with E-state index in [1.807, 2.05) is 0 Å². The van der Waals surface area contributed by atoms with Gasteiger partial charge in [-0.2, -0.15) is 0 Å². The first kappa shape index (κ1) is 13.8. The van der Waals surface area contributed by atoms with Gasteiger partial charge in [0.1, 0.15) is 0 Å². The molecule has 0 saturated carbocycles. The fraction of sp³-hybridized carbons (Fsp3) is 0.273. The molecule has 1 N–H and O–H groups in total. The van der Waals surface area contributed by atoms with Gasteiger partial charge in [-0.25, -0.2) is 8.42 Å². The number of anilines is 1. The second-order valence-corrected chi connectivity index (χ2v) is 6.00. The number of alkyl halides is 1. The normalized spacial score (nSPS) is 11.5. The highest BCUT2D eigenvalue weighted by Crippen LogP contribution is 2.27. The van der Waals surface area contributed by atoms with Crippen molar-refractivity contribution < 1.29 is 12.8 Å². The number of benzene rings is 1. The fourth-order valence-corrected chi connectivity index (χ4v) is 2.91. The van der Waals surface area contributed by atoms with Crippen LogP contribution < -0.4 is 4.72 Å². The van der Waals surface area contributed by atoms with E-state index in [1.165, 1.54) is 0 Å². The largest absolute Gasteiger partial charge is 0.421 e. The van der Waals surface area contributed by atoms with Gasteiger partial charge in [-0.05, 0) is 12.1 Å². The van der Waals surface area contributed by atoms with Crippen LogP contribution in [-0.4, -0.2) is 30.2 Å². The zero-order valence-electron chi connectivity index (χ0n) is 10.1. The number of hydrogen-bond acceptors (Lipinski definition) is 5. The van der Waals surface area contributed by atoms with Gasteiger partial charge in [0.15, 0.2) is 0 Å². The number of aromatic nitrogens is 2. The number of nitrogens with zero attached hydrogens (tertiary/aromatic N) is 2. The van der Waals surface area contributed by atoms with Gasteiger partial charge in [0.2, 0.25) is 21.8 Å². The van der Waals surface area contributed by atoms with E-state index in [-0.39, 0.29) is 17.5 Å². The summed E-state index contributed by atoms with van der Waals surface area (Å²) >= 11 is 5.45. The van der Waals surface area contributed by atoms with Gasteiger partial charge < -0.3 is 4.42 Å². The van der Waals surface area contributed by atoms with E-state index >= 15 is 0 Å². The minimum atomic E-state index is -3.48. The van der Waals surface area contributed by atoms with Gasteiger partial charge >= 0.3 is 0 Å². The van der Waals surface area contributed by atoms with E-state index in [9.17, 15) is 8.42 Å². The molecule has 0 aliphatic heterocycles. The van der Waals surface area contributed by atoms with Crippen LogP contribution in [0, 0.1) is 6.92 Å². The SMILES string of the molecule is Cc1nnc(-c2ccccc2NS(=O)(=O)CCCl)o1. The molecule has 1 aromatic carbocycles. The summed E-state index contributed by atoms with van der Waals surface area (Å²) in [5.74, 6) is 0.540. The highest BCUT2D eigenvalue weighted by atomic mass is 35.5. The fourth-order valence-electron chi connectivity index (χ4n) is 1.48. The molecule has 0 unspecified atom stereocenters. The molecule has 0 aliphatic carbocycles. The third-order valence-electron chi connectivity index (χ3n) is 2.29. The van der Waals surface area contributed by atoms with Crippen molar-refractivity contribution >= 4 is 27.3 Å². The Balaban J connectivity index is 2.37. The maximum absolute atomic E-state index is 11.7. The lowest BCUT2D eigenvalue weighted by Crippen LogP contribution is -2.18. The summed E-state index contributed by atoms with van der Waals surface area (Å²) in [4.78, 5) is 0. The van der Waals surface area contributed by atoms with E-state index in [2.05, 4.69) is 14.9 Å². The number of aryl methyl sites for hydroxylation is 1. The number of nitrogens with one attached hydrogen (secondary N) is 1. The second kappa shape index (κ2) is 5.58. The minimum Gasteiger partial charge on any atom is -0.421 e. The molecule has 8 heteroatoms. The Morgan fingerprint density at radius 1 is 1.32 bits per heavy atom. The van der Waals surface area contributed by atoms with Crippen molar-refractivity contribution in [2.24, 2.45) is 0 Å². The Morgan fingerprint density at radius 2 is 2.05 bits per heavy atom. The Bertz CT molecular complexity index is 669. The van der Waals surface area contributed by atoms with Crippen molar-refractivity contribution in [2.45, 2.75) is 6.92 Å². The average molecular weight is 302 g/mol. The number of sulfonamides is 1. The zero-order valence-corrected chi connectivity index (χ0v) is 11.7. The Morgan fingerprint density at radius 3 is 2.68 bits per heavy atom. The lowest BCUT2D eigenvalue weighted by molar-refractivity contribution is 0.533. The van der Waals surface area contributed by atoms with Crippen LogP contribution in [0.2, 0.25) is 0 Å². The molecule has 0 fully saturated rings. The summed E-state index contributed by atoms with van der Waals surface area (Å²) in [5, 5.41) is 7.60. The van der Waals surface area contributed by atoms with Crippen LogP contribution in [0.1, 0.15) is 5.89 Å². The maximum atomic E-state index is 11.7. The first-order chi connectivity index (χ1) is 9.02. The lowest BCUT2D eigenvalue weighted by Gasteiger charge is -2.09. The third-order valence-corrected chi connectivity index (χ3v) is 3.98. The Hall–Kier alpha value is -1.60. The number of rotatable bonds is 5. The molecule has 2 aromatic rings. The lowest BCUT2D eigenvalue weighted by atomic mass is 10.2. The van der Waals surface area contributed by atoms with Crippen molar-refractivity contribution in [2.75, 3.05) is 16.4 Å². The van der Waals surface area contributed by atoms with E-state index in [1.54, 1.807) is 31.2 Å². The molecule has 2 rings (SSSR count). The molecule has 102 valence electrons. The third kappa shape index (κ3) is 3.45. The van der Waals surface area contributed by atoms with Gasteiger partial charge in [-0.15, -0.1) is 21.8 Å². The molecule has 0 atom stereocenters. The molecule has 0 spiro atoms. The van der Waals surface area contributed by atoms with Crippen LogP contribution >= 0.6 is 11.6 Å². The topological polar surface area (TPSA) is 85.1 Å². The van der Waals surface area contributed by atoms with Gasteiger partial charge in [0.25, 0.3) is 0 Å². The molecule has 1 aromatic heterocycles. The van der Waals surface area contributed by atoms with Crippen LogP contribution in [0.5, 0.6) is 0 Å². The van der Waals surface area contributed by atoms with E-state index < -0.39 is 10.0 Å². The molecular formula is C11H12ClN3O3S. The highest BCUT2D eigenvalue weighted by Gasteiger charge is 2.15. The van der Waals surface area contributed by atoms with Gasteiger partial charge in [-0.1, -0.05) is 12.1 Å². The van der Waals surface area contributed by atoms with Crippen LogP contribution in [-0.2, 0) is 10.0 Å². The molecule has 0 aliphatic rings. The average Bonchev–Trinajstić information content (AvgIpc) is 2.75. The number of hydrogen-bond donors (Lipinski definition) is 1. The van der Waals surface area contributed by atoms with Crippen LogP contribution in [0.4, 0.5) is 5.69 Å². The summed E-state index contributed by atoms with van der Waals surface area (Å²) in [5.41, 5.74) is 0.914. The molecule has 0 amide bonds.